The van der Waals surface area contributed by atoms with Gasteiger partial charge in [-0.1, -0.05) is 25.3 Å². The van der Waals surface area contributed by atoms with Gasteiger partial charge in [-0.05, 0) is 37.5 Å². The minimum absolute atomic E-state index is 0.0396. The van der Waals surface area contributed by atoms with Crippen molar-refractivity contribution in [3.8, 4) is 0 Å². The summed E-state index contributed by atoms with van der Waals surface area (Å²) in [6.07, 6.45) is 6.96. The third-order valence-corrected chi connectivity index (χ3v) is 7.82. The van der Waals surface area contributed by atoms with Gasteiger partial charge in [0.25, 0.3) is 5.91 Å². The Bertz CT molecular complexity index is 847. The molecule has 1 spiro atoms. The molecule has 168 valence electrons. The molecule has 0 unspecified atom stereocenters. The number of hydrogen-bond acceptors (Lipinski definition) is 6. The number of aliphatic hydroxyl groups excluding tert-OH is 1. The molecule has 0 aromatic heterocycles. The van der Waals surface area contributed by atoms with Crippen LogP contribution >= 0.6 is 0 Å². The minimum atomic E-state index is -0.433. The van der Waals surface area contributed by atoms with Crippen LogP contribution in [-0.2, 0) is 4.74 Å². The molecule has 2 atom stereocenters. The number of aliphatic hydroxyl groups is 1. The number of nitrogens with zero attached hydrogens (tertiary/aromatic N) is 3. The molecule has 1 aromatic carbocycles. The van der Waals surface area contributed by atoms with Crippen LogP contribution in [-0.4, -0.2) is 95.2 Å². The number of carbonyl (C=O) groups is 2. The largest absolute Gasteiger partial charge is 0.465 e. The first-order valence-corrected chi connectivity index (χ1v) is 11.7. The number of hydrogen-bond donors (Lipinski definition) is 1. The lowest BCUT2D eigenvalue weighted by molar-refractivity contribution is -0.122. The van der Waals surface area contributed by atoms with Gasteiger partial charge >= 0.3 is 5.97 Å². The topological polar surface area (TPSA) is 73.3 Å². The fourth-order valence-corrected chi connectivity index (χ4v) is 6.34. The number of esters is 1. The normalized spacial score (nSPS) is 28.9. The van der Waals surface area contributed by atoms with Crippen molar-refractivity contribution < 1.29 is 19.4 Å². The smallest absolute Gasteiger partial charge is 0.337 e. The highest BCUT2D eigenvalue weighted by atomic mass is 16.5. The lowest BCUT2D eigenvalue weighted by Gasteiger charge is -2.62. The van der Waals surface area contributed by atoms with E-state index in [1.807, 2.05) is 4.90 Å². The van der Waals surface area contributed by atoms with Crippen molar-refractivity contribution >= 4 is 11.9 Å². The fraction of sp³-hybridized carbons (Fsp3) is 0.667. The average molecular weight is 428 g/mol. The third kappa shape index (κ3) is 3.77. The summed E-state index contributed by atoms with van der Waals surface area (Å²) in [4.78, 5) is 32.4. The molecule has 3 saturated heterocycles. The molecule has 3 aliphatic heterocycles. The number of fused-ring (bicyclic) bond motifs is 2. The second-order valence-corrected chi connectivity index (χ2v) is 9.87. The minimum Gasteiger partial charge on any atom is -0.465 e. The predicted octanol–water partition coefficient (Wildman–Crippen LogP) is 1.75. The zero-order chi connectivity index (χ0) is 21.6. The van der Waals surface area contributed by atoms with Crippen molar-refractivity contribution in [2.75, 3.05) is 39.8 Å². The van der Waals surface area contributed by atoms with Crippen molar-refractivity contribution in [2.45, 2.75) is 62.3 Å². The van der Waals surface area contributed by atoms with E-state index in [1.54, 1.807) is 24.3 Å². The van der Waals surface area contributed by atoms with Crippen molar-refractivity contribution in [2.24, 2.45) is 0 Å². The van der Waals surface area contributed by atoms with E-state index in [4.69, 9.17) is 4.74 Å². The SMILES string of the molecule is COC(=O)c1cccc(C(=O)N2C[C@@H]3C[C@@H](O)CN3C3(C2)CN(C2CCCCC2)C3)c1. The Morgan fingerprint density at radius 1 is 1.03 bits per heavy atom. The van der Waals surface area contributed by atoms with E-state index in [2.05, 4.69) is 9.80 Å². The molecule has 1 N–H and O–H groups in total. The van der Waals surface area contributed by atoms with Crippen LogP contribution in [0.15, 0.2) is 24.3 Å². The molecule has 7 heteroatoms. The molecular formula is C24H33N3O4. The lowest BCUT2D eigenvalue weighted by atomic mass is 9.80. The summed E-state index contributed by atoms with van der Waals surface area (Å²) in [6.45, 7) is 3.98. The van der Waals surface area contributed by atoms with Crippen LogP contribution in [0.4, 0.5) is 0 Å². The van der Waals surface area contributed by atoms with Gasteiger partial charge in [0.15, 0.2) is 0 Å². The molecule has 4 aliphatic rings. The summed E-state index contributed by atoms with van der Waals surface area (Å²) in [5, 5.41) is 10.4. The third-order valence-electron chi connectivity index (χ3n) is 7.82. The second kappa shape index (κ2) is 8.19. The quantitative estimate of drug-likeness (QED) is 0.741. The summed E-state index contributed by atoms with van der Waals surface area (Å²) in [5.41, 5.74) is 0.853. The highest BCUT2D eigenvalue weighted by molar-refractivity contribution is 5.98. The maximum atomic E-state index is 13.4. The second-order valence-electron chi connectivity index (χ2n) is 9.87. The summed E-state index contributed by atoms with van der Waals surface area (Å²) in [7, 11) is 1.35. The summed E-state index contributed by atoms with van der Waals surface area (Å²) >= 11 is 0. The number of amides is 1. The molecule has 7 nitrogen and oxygen atoms in total. The zero-order valence-corrected chi connectivity index (χ0v) is 18.3. The summed E-state index contributed by atoms with van der Waals surface area (Å²) < 4.78 is 4.81. The predicted molar refractivity (Wildman–Crippen MR) is 116 cm³/mol. The fourth-order valence-electron chi connectivity index (χ4n) is 6.34. The van der Waals surface area contributed by atoms with Gasteiger partial charge in [-0.25, -0.2) is 4.79 Å². The van der Waals surface area contributed by atoms with Crippen LogP contribution in [0.25, 0.3) is 0 Å². The average Bonchev–Trinajstić information content (AvgIpc) is 3.16. The Kier molecular flexibility index (Phi) is 5.52. The van der Waals surface area contributed by atoms with Crippen molar-refractivity contribution in [1.82, 2.24) is 14.7 Å². The lowest BCUT2D eigenvalue weighted by Crippen LogP contribution is -2.79. The number of methoxy groups -OCH3 is 1. The van der Waals surface area contributed by atoms with Crippen LogP contribution in [0.1, 0.15) is 59.2 Å². The first-order valence-electron chi connectivity index (χ1n) is 11.7. The van der Waals surface area contributed by atoms with Gasteiger partial charge < -0.3 is 14.7 Å². The molecule has 31 heavy (non-hydrogen) atoms. The van der Waals surface area contributed by atoms with Gasteiger partial charge in [0, 0.05) is 50.4 Å². The van der Waals surface area contributed by atoms with Gasteiger partial charge in [0.05, 0.1) is 24.3 Å². The standard InChI is InChI=1S/C24H33N3O4/c1-31-23(30)18-7-5-6-17(10-18)22(29)25-12-20-11-21(28)13-27(20)24(14-25)15-26(16-24)19-8-3-2-4-9-19/h5-7,10,19-21,28H,2-4,8-9,11-16H2,1H3/t20-,21+/m0/s1. The Morgan fingerprint density at radius 2 is 1.77 bits per heavy atom. The molecule has 1 amide bonds. The summed E-state index contributed by atoms with van der Waals surface area (Å²) in [5.74, 6) is -0.473. The first kappa shape index (κ1) is 20.9. The molecule has 1 aliphatic carbocycles. The van der Waals surface area contributed by atoms with E-state index in [9.17, 15) is 14.7 Å². The number of likely N-dealkylation sites (tertiary alicyclic amines) is 1. The summed E-state index contributed by atoms with van der Waals surface area (Å²) in [6, 6.07) is 7.68. The van der Waals surface area contributed by atoms with Crippen molar-refractivity contribution in [3.63, 3.8) is 0 Å². The van der Waals surface area contributed by atoms with Gasteiger partial charge in [0.2, 0.25) is 0 Å². The number of benzene rings is 1. The van der Waals surface area contributed by atoms with Crippen molar-refractivity contribution in [3.05, 3.63) is 35.4 Å². The monoisotopic (exact) mass is 427 g/mol. The van der Waals surface area contributed by atoms with E-state index in [1.165, 1.54) is 39.2 Å². The Hall–Kier alpha value is -1.96. The number of piperazine rings is 1. The van der Waals surface area contributed by atoms with E-state index >= 15 is 0 Å². The molecule has 3 heterocycles. The van der Waals surface area contributed by atoms with Gasteiger partial charge in [0.1, 0.15) is 0 Å². The highest BCUT2D eigenvalue weighted by Gasteiger charge is 2.57. The van der Waals surface area contributed by atoms with E-state index in [-0.39, 0.29) is 23.6 Å². The molecule has 4 fully saturated rings. The van der Waals surface area contributed by atoms with E-state index in [0.29, 0.717) is 36.8 Å². The Labute approximate surface area is 183 Å². The number of ether oxygens (including phenoxy) is 1. The van der Waals surface area contributed by atoms with Crippen LogP contribution < -0.4 is 0 Å². The van der Waals surface area contributed by atoms with Crippen LogP contribution in [0.3, 0.4) is 0 Å². The zero-order valence-electron chi connectivity index (χ0n) is 18.3. The number of carbonyl (C=O) groups excluding carboxylic acids is 2. The molecular weight excluding hydrogens is 394 g/mol. The Balaban J connectivity index is 1.35. The molecule has 5 rings (SSSR count). The first-order chi connectivity index (χ1) is 15.0. The molecule has 1 aromatic rings. The molecule has 0 bridgehead atoms. The van der Waals surface area contributed by atoms with Crippen molar-refractivity contribution in [1.29, 1.82) is 0 Å². The number of β-amino-alcohol motifs (C(OH)–C–C–N with tert-alkyl or cyclic N) is 1. The van der Waals surface area contributed by atoms with Crippen LogP contribution in [0.2, 0.25) is 0 Å². The maximum Gasteiger partial charge on any atom is 0.337 e. The van der Waals surface area contributed by atoms with Gasteiger partial charge in [-0.3, -0.25) is 14.6 Å². The molecule has 1 saturated carbocycles. The van der Waals surface area contributed by atoms with Gasteiger partial charge in [-0.2, -0.15) is 0 Å². The Morgan fingerprint density at radius 3 is 2.52 bits per heavy atom. The molecule has 0 radical (unpaired) electrons. The highest BCUT2D eigenvalue weighted by Crippen LogP contribution is 2.41. The number of rotatable bonds is 3. The van der Waals surface area contributed by atoms with Crippen LogP contribution in [0.5, 0.6) is 0 Å². The van der Waals surface area contributed by atoms with E-state index in [0.717, 1.165) is 19.5 Å². The van der Waals surface area contributed by atoms with E-state index < -0.39 is 5.97 Å². The maximum absolute atomic E-state index is 13.4. The van der Waals surface area contributed by atoms with Crippen LogP contribution in [0, 0.1) is 0 Å². The van der Waals surface area contributed by atoms with Gasteiger partial charge in [-0.15, -0.1) is 0 Å².